The molecule has 0 saturated heterocycles. The number of H-pyrrole nitrogens is 1. The first kappa shape index (κ1) is 10.3. The molecule has 2 aromatic rings. The van der Waals surface area contributed by atoms with Crippen molar-refractivity contribution >= 4 is 24.4 Å². The van der Waals surface area contributed by atoms with E-state index < -0.39 is 0 Å². The van der Waals surface area contributed by atoms with Crippen molar-refractivity contribution in [3.63, 3.8) is 0 Å². The monoisotopic (exact) mass is 237 g/mol. The summed E-state index contributed by atoms with van der Waals surface area (Å²) in [5, 5.41) is 3.05. The van der Waals surface area contributed by atoms with Crippen LogP contribution < -0.4 is 0 Å². The zero-order valence-electron chi connectivity index (χ0n) is 8.30. The summed E-state index contributed by atoms with van der Waals surface area (Å²) in [5.41, 5.74) is 0.996. The molecule has 0 radical (unpaired) electrons. The first-order valence-corrected chi connectivity index (χ1v) is 5.53. The summed E-state index contributed by atoms with van der Waals surface area (Å²) in [6.45, 7) is 2.82. The van der Waals surface area contributed by atoms with Gasteiger partial charge in [0.05, 0.1) is 5.69 Å². The second-order valence-corrected chi connectivity index (χ2v) is 3.87. The lowest BCUT2D eigenvalue weighted by molar-refractivity contribution is 0.644. The van der Waals surface area contributed by atoms with Crippen LogP contribution in [-0.4, -0.2) is 14.3 Å². The number of hydrogen-bond donors (Lipinski definition) is 1. The van der Waals surface area contributed by atoms with Crippen LogP contribution in [0, 0.1) is 9.54 Å². The molecule has 2 rings (SSSR count). The van der Waals surface area contributed by atoms with E-state index in [1.165, 1.54) is 0 Å². The van der Waals surface area contributed by atoms with Gasteiger partial charge in [0.25, 0.3) is 0 Å². The maximum atomic E-state index is 5.32. The van der Waals surface area contributed by atoms with Crippen molar-refractivity contribution in [2.45, 2.75) is 13.5 Å². The zero-order valence-corrected chi connectivity index (χ0v) is 9.94. The second kappa shape index (κ2) is 4.12. The molecule has 3 nitrogen and oxygen atoms in total. The van der Waals surface area contributed by atoms with Gasteiger partial charge in [0.1, 0.15) is 0 Å². The topological polar surface area (TPSA) is 25.6 Å². The van der Waals surface area contributed by atoms with Gasteiger partial charge in [0, 0.05) is 6.54 Å². The fourth-order valence-electron chi connectivity index (χ4n) is 1.44. The Morgan fingerprint density at radius 2 is 1.87 bits per heavy atom. The highest BCUT2D eigenvalue weighted by Gasteiger charge is 2.03. The van der Waals surface area contributed by atoms with E-state index in [-0.39, 0.29) is 0 Å². The van der Waals surface area contributed by atoms with Gasteiger partial charge < -0.3 is 0 Å². The molecule has 0 unspecified atom stereocenters. The molecule has 1 N–H and O–H groups in total. The number of aryl methyl sites for hydroxylation is 1. The summed E-state index contributed by atoms with van der Waals surface area (Å²) in [6.07, 6.45) is 0. The van der Waals surface area contributed by atoms with E-state index in [4.69, 9.17) is 24.4 Å². The third-order valence-electron chi connectivity index (χ3n) is 2.19. The molecule has 1 heterocycles. The highest BCUT2D eigenvalue weighted by molar-refractivity contribution is 7.72. The standard InChI is InChI=1S/C10H11N3S2/c1-2-12-10(15)13(9(14)11-12)8-6-4-3-5-7-8/h3-7H,2H2,1H3,(H,11,14). The lowest BCUT2D eigenvalue weighted by Crippen LogP contribution is -1.98. The van der Waals surface area contributed by atoms with Crippen molar-refractivity contribution in [1.29, 1.82) is 0 Å². The average Bonchev–Trinajstić information content (AvgIpc) is 2.55. The van der Waals surface area contributed by atoms with Crippen molar-refractivity contribution in [3.8, 4) is 5.69 Å². The lowest BCUT2D eigenvalue weighted by atomic mass is 10.3. The molecule has 0 saturated carbocycles. The molecule has 0 aliphatic heterocycles. The van der Waals surface area contributed by atoms with Crippen LogP contribution in [0.1, 0.15) is 6.92 Å². The maximum absolute atomic E-state index is 5.32. The largest absolute Gasteiger partial charge is 0.271 e. The fraction of sp³-hybridized carbons (Fsp3) is 0.200. The van der Waals surface area contributed by atoms with E-state index >= 15 is 0 Å². The summed E-state index contributed by atoms with van der Waals surface area (Å²) < 4.78 is 5.04. The lowest BCUT2D eigenvalue weighted by Gasteiger charge is -2.00. The third kappa shape index (κ3) is 1.80. The Bertz CT molecular complexity index is 562. The van der Waals surface area contributed by atoms with Crippen molar-refractivity contribution < 1.29 is 0 Å². The minimum absolute atomic E-state index is 0.632. The number of aromatic nitrogens is 3. The summed E-state index contributed by atoms with van der Waals surface area (Å²) in [6, 6.07) is 9.87. The molecule has 0 spiro atoms. The SMILES string of the molecule is CCn1[nH]c(=S)n(-c2ccccc2)c1=S. The highest BCUT2D eigenvalue weighted by Crippen LogP contribution is 2.09. The van der Waals surface area contributed by atoms with Crippen LogP contribution in [0.25, 0.3) is 5.69 Å². The quantitative estimate of drug-likeness (QED) is 0.812. The van der Waals surface area contributed by atoms with Crippen molar-refractivity contribution in [1.82, 2.24) is 14.3 Å². The predicted octanol–water partition coefficient (Wildman–Crippen LogP) is 3.09. The molecule has 15 heavy (non-hydrogen) atoms. The van der Waals surface area contributed by atoms with E-state index in [2.05, 4.69) is 5.10 Å². The van der Waals surface area contributed by atoms with Crippen LogP contribution >= 0.6 is 24.4 Å². The Hall–Kier alpha value is -1.20. The molecule has 0 aliphatic carbocycles. The number of nitrogens with zero attached hydrogens (tertiary/aromatic N) is 2. The number of hydrogen-bond acceptors (Lipinski definition) is 2. The number of rotatable bonds is 2. The molecule has 0 atom stereocenters. The van der Waals surface area contributed by atoms with Gasteiger partial charge in [0.2, 0.25) is 4.77 Å². The van der Waals surface area contributed by atoms with Crippen LogP contribution in [0.15, 0.2) is 30.3 Å². The molecule has 0 bridgehead atoms. The van der Waals surface area contributed by atoms with Crippen LogP contribution in [0.4, 0.5) is 0 Å². The minimum Gasteiger partial charge on any atom is -0.271 e. The van der Waals surface area contributed by atoms with E-state index in [0.29, 0.717) is 9.54 Å². The van der Waals surface area contributed by atoms with E-state index in [1.54, 1.807) is 0 Å². The van der Waals surface area contributed by atoms with Crippen molar-refractivity contribution in [3.05, 3.63) is 39.9 Å². The number of benzene rings is 1. The van der Waals surface area contributed by atoms with Gasteiger partial charge in [-0.2, -0.15) is 0 Å². The Balaban J connectivity index is 2.69. The van der Waals surface area contributed by atoms with Gasteiger partial charge in [-0.05, 0) is 43.5 Å². The maximum Gasteiger partial charge on any atom is 0.201 e. The van der Waals surface area contributed by atoms with Gasteiger partial charge in [0.15, 0.2) is 4.77 Å². The molecule has 1 aromatic carbocycles. The number of para-hydroxylation sites is 1. The molecular weight excluding hydrogens is 226 g/mol. The average molecular weight is 237 g/mol. The first-order valence-electron chi connectivity index (χ1n) is 4.71. The summed E-state index contributed by atoms with van der Waals surface area (Å²) >= 11 is 10.6. The van der Waals surface area contributed by atoms with E-state index in [9.17, 15) is 0 Å². The van der Waals surface area contributed by atoms with E-state index in [1.807, 2.05) is 46.5 Å². The zero-order chi connectivity index (χ0) is 10.8. The Kier molecular flexibility index (Phi) is 2.83. The smallest absolute Gasteiger partial charge is 0.201 e. The fourth-order valence-corrected chi connectivity index (χ4v) is 2.17. The van der Waals surface area contributed by atoms with Crippen LogP contribution in [0.2, 0.25) is 0 Å². The molecule has 0 amide bonds. The molecule has 0 fully saturated rings. The molecular formula is C10H11N3S2. The summed E-state index contributed by atoms with van der Waals surface area (Å²) in [4.78, 5) is 0. The third-order valence-corrected chi connectivity index (χ3v) is 2.86. The second-order valence-electron chi connectivity index (χ2n) is 3.11. The molecule has 0 aliphatic rings. The Morgan fingerprint density at radius 3 is 2.40 bits per heavy atom. The summed E-state index contributed by atoms with van der Waals surface area (Å²) in [5.74, 6) is 0. The molecule has 1 aromatic heterocycles. The van der Waals surface area contributed by atoms with Gasteiger partial charge in [-0.3, -0.25) is 14.3 Å². The Labute approximate surface area is 98.0 Å². The first-order chi connectivity index (χ1) is 7.24. The predicted molar refractivity (Wildman–Crippen MR) is 65.5 cm³/mol. The normalized spacial score (nSPS) is 10.5. The molecule has 5 heteroatoms. The Morgan fingerprint density at radius 1 is 1.20 bits per heavy atom. The van der Waals surface area contributed by atoms with Crippen molar-refractivity contribution in [2.24, 2.45) is 0 Å². The molecule has 78 valence electrons. The van der Waals surface area contributed by atoms with E-state index in [0.717, 1.165) is 12.2 Å². The van der Waals surface area contributed by atoms with Crippen LogP contribution in [0.5, 0.6) is 0 Å². The number of aromatic amines is 1. The van der Waals surface area contributed by atoms with Crippen LogP contribution in [0.3, 0.4) is 0 Å². The van der Waals surface area contributed by atoms with Gasteiger partial charge in [-0.25, -0.2) is 0 Å². The van der Waals surface area contributed by atoms with Gasteiger partial charge in [-0.15, -0.1) is 0 Å². The van der Waals surface area contributed by atoms with Gasteiger partial charge in [-0.1, -0.05) is 18.2 Å². The number of nitrogens with one attached hydrogen (secondary N) is 1. The minimum atomic E-state index is 0.632. The van der Waals surface area contributed by atoms with Crippen molar-refractivity contribution in [2.75, 3.05) is 0 Å². The van der Waals surface area contributed by atoms with Gasteiger partial charge >= 0.3 is 0 Å². The highest BCUT2D eigenvalue weighted by atomic mass is 32.1. The van der Waals surface area contributed by atoms with Crippen LogP contribution in [-0.2, 0) is 6.54 Å². The summed E-state index contributed by atoms with van der Waals surface area (Å²) in [7, 11) is 0.